The highest BCUT2D eigenvalue weighted by Crippen LogP contribution is 2.22. The first-order valence-electron chi connectivity index (χ1n) is 6.88. The van der Waals surface area contributed by atoms with Crippen molar-refractivity contribution in [2.75, 3.05) is 26.8 Å². The molecule has 1 aliphatic rings. The van der Waals surface area contributed by atoms with Gasteiger partial charge in [-0.2, -0.15) is 0 Å². The predicted octanol–water partition coefficient (Wildman–Crippen LogP) is 1.51. The van der Waals surface area contributed by atoms with Gasteiger partial charge in [-0.15, -0.1) is 0 Å². The van der Waals surface area contributed by atoms with Crippen molar-refractivity contribution in [2.24, 2.45) is 0 Å². The molecule has 1 aromatic rings. The van der Waals surface area contributed by atoms with Crippen LogP contribution in [0.15, 0.2) is 18.2 Å². The molecule has 1 heterocycles. The molecule has 0 aliphatic carbocycles. The van der Waals surface area contributed by atoms with Crippen molar-refractivity contribution < 1.29 is 23.4 Å². The lowest BCUT2D eigenvalue weighted by atomic mass is 9.93. The van der Waals surface area contributed by atoms with Gasteiger partial charge in [-0.25, -0.2) is 8.78 Å². The summed E-state index contributed by atoms with van der Waals surface area (Å²) in [4.78, 5) is 13.4. The number of hydrogen-bond acceptors (Lipinski definition) is 3. The zero-order valence-corrected chi connectivity index (χ0v) is 11.9. The Labute approximate surface area is 122 Å². The summed E-state index contributed by atoms with van der Waals surface area (Å²) < 4.78 is 32.2. The zero-order valence-electron chi connectivity index (χ0n) is 11.9. The van der Waals surface area contributed by atoms with Crippen LogP contribution < -0.4 is 0 Å². The van der Waals surface area contributed by atoms with Crippen LogP contribution in [-0.4, -0.2) is 48.3 Å². The van der Waals surface area contributed by atoms with Gasteiger partial charge in [0.15, 0.2) is 0 Å². The Hall–Kier alpha value is -1.53. The molecule has 0 aromatic heterocycles. The molecular formula is C15H19F2NO3. The first-order chi connectivity index (χ1) is 9.91. The second-order valence-corrected chi connectivity index (χ2v) is 5.46. The minimum atomic E-state index is -0.990. The number of hydrogen-bond donors (Lipinski definition) is 1. The van der Waals surface area contributed by atoms with Crippen LogP contribution in [0.4, 0.5) is 8.78 Å². The number of likely N-dealkylation sites (N-methyl/N-ethyl adjacent to an activating group) is 1. The fourth-order valence-corrected chi connectivity index (χ4v) is 2.43. The third-order valence-corrected chi connectivity index (χ3v) is 3.77. The minimum Gasteiger partial charge on any atom is -0.388 e. The van der Waals surface area contributed by atoms with E-state index in [4.69, 9.17) is 4.74 Å². The van der Waals surface area contributed by atoms with Crippen LogP contribution in [0.3, 0.4) is 0 Å². The molecule has 1 aliphatic heterocycles. The number of carbonyl (C=O) groups is 1. The van der Waals surface area contributed by atoms with Gasteiger partial charge in [0.25, 0.3) is 0 Å². The van der Waals surface area contributed by atoms with Gasteiger partial charge in [-0.05, 0) is 12.1 Å². The molecule has 2 rings (SSSR count). The summed E-state index contributed by atoms with van der Waals surface area (Å²) in [5.74, 6) is -1.90. The molecule has 0 unspecified atom stereocenters. The third-order valence-electron chi connectivity index (χ3n) is 3.77. The number of benzene rings is 1. The van der Waals surface area contributed by atoms with Crippen molar-refractivity contribution in [3.05, 3.63) is 35.4 Å². The highest BCUT2D eigenvalue weighted by atomic mass is 19.1. The Bertz CT molecular complexity index is 495. The summed E-state index contributed by atoms with van der Waals surface area (Å²) in [5.41, 5.74) is -1.23. The van der Waals surface area contributed by atoms with Crippen molar-refractivity contribution >= 4 is 5.91 Å². The molecule has 0 radical (unpaired) electrons. The van der Waals surface area contributed by atoms with Gasteiger partial charge in [0.2, 0.25) is 5.91 Å². The lowest BCUT2D eigenvalue weighted by Gasteiger charge is -2.35. The van der Waals surface area contributed by atoms with Crippen LogP contribution in [0.25, 0.3) is 0 Å². The van der Waals surface area contributed by atoms with E-state index in [-0.39, 0.29) is 18.5 Å². The predicted molar refractivity (Wildman–Crippen MR) is 72.7 cm³/mol. The largest absolute Gasteiger partial charge is 0.388 e. The van der Waals surface area contributed by atoms with Crippen molar-refractivity contribution in [3.63, 3.8) is 0 Å². The van der Waals surface area contributed by atoms with Crippen LogP contribution in [-0.2, 0) is 16.0 Å². The molecular weight excluding hydrogens is 280 g/mol. The van der Waals surface area contributed by atoms with Gasteiger partial charge in [0.05, 0.1) is 12.0 Å². The van der Waals surface area contributed by atoms with Crippen molar-refractivity contribution in [1.82, 2.24) is 4.90 Å². The standard InChI is InChI=1S/C15H19F2NO3/c1-18(10-15(20)5-7-21-8-6-15)14(19)9-11-12(16)3-2-4-13(11)17/h2-4,20H,5-10H2,1H3. The Kier molecular flexibility index (Phi) is 4.90. The number of rotatable bonds is 4. The van der Waals surface area contributed by atoms with E-state index in [0.717, 1.165) is 12.1 Å². The number of halogens is 2. The lowest BCUT2D eigenvalue weighted by Crippen LogP contribution is -2.47. The van der Waals surface area contributed by atoms with E-state index >= 15 is 0 Å². The van der Waals surface area contributed by atoms with Gasteiger partial charge in [-0.3, -0.25) is 4.79 Å². The number of carbonyl (C=O) groups excluding carboxylic acids is 1. The Morgan fingerprint density at radius 1 is 1.33 bits per heavy atom. The maximum absolute atomic E-state index is 13.5. The number of nitrogens with zero attached hydrogens (tertiary/aromatic N) is 1. The summed E-state index contributed by atoms with van der Waals surface area (Å²) in [6.45, 7) is 1.02. The zero-order chi connectivity index (χ0) is 15.5. The first-order valence-corrected chi connectivity index (χ1v) is 6.88. The van der Waals surface area contributed by atoms with Crippen LogP contribution in [0.2, 0.25) is 0 Å². The van der Waals surface area contributed by atoms with Crippen LogP contribution >= 0.6 is 0 Å². The van der Waals surface area contributed by atoms with E-state index in [1.807, 2.05) is 0 Å². The van der Waals surface area contributed by atoms with E-state index in [0.29, 0.717) is 26.1 Å². The lowest BCUT2D eigenvalue weighted by molar-refractivity contribution is -0.136. The monoisotopic (exact) mass is 299 g/mol. The van der Waals surface area contributed by atoms with E-state index < -0.39 is 23.1 Å². The Morgan fingerprint density at radius 3 is 2.48 bits per heavy atom. The molecule has 4 nitrogen and oxygen atoms in total. The molecule has 1 fully saturated rings. The molecule has 1 N–H and O–H groups in total. The summed E-state index contributed by atoms with van der Waals surface area (Å²) in [6.07, 6.45) is 0.527. The molecule has 0 atom stereocenters. The normalized spacial score (nSPS) is 17.5. The SMILES string of the molecule is CN(CC1(O)CCOCC1)C(=O)Cc1c(F)cccc1F. The molecule has 1 amide bonds. The average Bonchev–Trinajstić information content (AvgIpc) is 2.43. The highest BCUT2D eigenvalue weighted by Gasteiger charge is 2.32. The van der Waals surface area contributed by atoms with Crippen molar-refractivity contribution in [1.29, 1.82) is 0 Å². The summed E-state index contributed by atoms with van der Waals surface area (Å²) in [5, 5.41) is 10.3. The van der Waals surface area contributed by atoms with E-state index in [9.17, 15) is 18.7 Å². The second-order valence-electron chi connectivity index (χ2n) is 5.46. The summed E-state index contributed by atoms with van der Waals surface area (Å²) >= 11 is 0. The molecule has 0 spiro atoms. The quantitative estimate of drug-likeness (QED) is 0.917. The fraction of sp³-hybridized carbons (Fsp3) is 0.533. The summed E-state index contributed by atoms with van der Waals surface area (Å²) in [6, 6.07) is 3.50. The van der Waals surface area contributed by atoms with Gasteiger partial charge in [0.1, 0.15) is 11.6 Å². The molecule has 1 aromatic carbocycles. The number of aliphatic hydroxyl groups is 1. The van der Waals surface area contributed by atoms with Crippen LogP contribution in [0.5, 0.6) is 0 Å². The second kappa shape index (κ2) is 6.49. The molecule has 0 bridgehead atoms. The topological polar surface area (TPSA) is 49.8 Å². The summed E-state index contributed by atoms with van der Waals surface area (Å²) in [7, 11) is 1.52. The maximum Gasteiger partial charge on any atom is 0.227 e. The van der Waals surface area contributed by atoms with Crippen molar-refractivity contribution in [3.8, 4) is 0 Å². The van der Waals surface area contributed by atoms with Gasteiger partial charge in [0, 0.05) is 45.2 Å². The van der Waals surface area contributed by atoms with Crippen LogP contribution in [0.1, 0.15) is 18.4 Å². The van der Waals surface area contributed by atoms with Crippen molar-refractivity contribution in [2.45, 2.75) is 24.9 Å². The molecule has 116 valence electrons. The fourth-order valence-electron chi connectivity index (χ4n) is 2.43. The Balaban J connectivity index is 1.99. The first kappa shape index (κ1) is 15.9. The van der Waals surface area contributed by atoms with Gasteiger partial charge in [-0.1, -0.05) is 6.07 Å². The number of amides is 1. The van der Waals surface area contributed by atoms with E-state index in [1.54, 1.807) is 0 Å². The van der Waals surface area contributed by atoms with Gasteiger partial charge >= 0.3 is 0 Å². The van der Waals surface area contributed by atoms with Gasteiger partial charge < -0.3 is 14.7 Å². The van der Waals surface area contributed by atoms with E-state index in [1.165, 1.54) is 18.0 Å². The molecule has 6 heteroatoms. The highest BCUT2D eigenvalue weighted by molar-refractivity contribution is 5.78. The number of ether oxygens (including phenoxy) is 1. The third kappa shape index (κ3) is 3.98. The molecule has 21 heavy (non-hydrogen) atoms. The maximum atomic E-state index is 13.5. The van der Waals surface area contributed by atoms with Crippen LogP contribution in [0, 0.1) is 11.6 Å². The average molecular weight is 299 g/mol. The van der Waals surface area contributed by atoms with E-state index in [2.05, 4.69) is 0 Å². The minimum absolute atomic E-state index is 0.130. The molecule has 1 saturated heterocycles. The Morgan fingerprint density at radius 2 is 1.90 bits per heavy atom. The molecule has 0 saturated carbocycles. The smallest absolute Gasteiger partial charge is 0.227 e.